The van der Waals surface area contributed by atoms with Gasteiger partial charge in [0.05, 0.1) is 5.56 Å². The van der Waals surface area contributed by atoms with E-state index >= 15 is 0 Å². The van der Waals surface area contributed by atoms with Crippen LogP contribution >= 0.6 is 34.5 Å². The average molecular weight is 277 g/mol. The number of nitrogens with one attached hydrogen (secondary N) is 1. The number of aryl methyl sites for hydroxylation is 1. The first kappa shape index (κ1) is 13.3. The molecule has 0 saturated carbocycles. The first-order valence-electron chi connectivity index (χ1n) is 4.62. The van der Waals surface area contributed by atoms with E-state index in [1.54, 1.807) is 0 Å². The third kappa shape index (κ3) is 2.67. The monoisotopic (exact) mass is 276 g/mol. The minimum atomic E-state index is -1.13. The van der Waals surface area contributed by atoms with Gasteiger partial charge < -0.3 is 5.32 Å². The number of carbonyl (C=O) groups excluding carboxylic acids is 1. The highest BCUT2D eigenvalue weighted by Crippen LogP contribution is 2.33. The second-order valence-electron chi connectivity index (χ2n) is 3.10. The molecule has 0 spiro atoms. The molecular weight excluding hydrogens is 267 g/mol. The fourth-order valence-corrected chi connectivity index (χ4v) is 2.58. The Labute approximate surface area is 108 Å². The third-order valence-corrected chi connectivity index (χ3v) is 3.57. The Kier molecular flexibility index (Phi) is 4.60. The first-order chi connectivity index (χ1) is 7.51. The van der Waals surface area contributed by atoms with E-state index in [1.165, 1.54) is 11.3 Å². The Hall–Kier alpha value is -0.760. The molecule has 1 amide bonds. The van der Waals surface area contributed by atoms with E-state index in [0.717, 1.165) is 16.9 Å². The van der Waals surface area contributed by atoms with Crippen molar-refractivity contribution in [3.63, 3.8) is 0 Å². The van der Waals surface area contributed by atoms with Gasteiger partial charge in [0.15, 0.2) is 4.84 Å². The zero-order chi connectivity index (χ0) is 12.3. The van der Waals surface area contributed by atoms with Crippen LogP contribution in [-0.4, -0.2) is 10.7 Å². The molecule has 0 bridgehead atoms. The Balaban J connectivity index is 3.07. The third-order valence-electron chi connectivity index (χ3n) is 2.11. The molecule has 0 aliphatic carbocycles. The number of alkyl halides is 2. The number of rotatable bonds is 3. The van der Waals surface area contributed by atoms with E-state index < -0.39 is 10.7 Å². The molecule has 0 atom stereocenters. The maximum Gasteiger partial charge on any atom is 0.258 e. The molecular formula is C10H10Cl2N2OS. The van der Waals surface area contributed by atoms with E-state index in [2.05, 4.69) is 11.4 Å². The van der Waals surface area contributed by atoms with Crippen LogP contribution in [0.15, 0.2) is 0 Å². The van der Waals surface area contributed by atoms with Gasteiger partial charge in [-0.3, -0.25) is 4.79 Å². The lowest BCUT2D eigenvalue weighted by molar-refractivity contribution is -0.114. The highest BCUT2D eigenvalue weighted by molar-refractivity contribution is 7.16. The van der Waals surface area contributed by atoms with Crippen LogP contribution < -0.4 is 5.32 Å². The van der Waals surface area contributed by atoms with Gasteiger partial charge in [0.2, 0.25) is 0 Å². The summed E-state index contributed by atoms with van der Waals surface area (Å²) in [5, 5.41) is 12.1. The molecule has 0 unspecified atom stereocenters. The number of hydrogen-bond acceptors (Lipinski definition) is 3. The maximum absolute atomic E-state index is 11.3. The summed E-state index contributed by atoms with van der Waals surface area (Å²) < 4.78 is 0. The topological polar surface area (TPSA) is 52.9 Å². The Morgan fingerprint density at radius 3 is 2.69 bits per heavy atom. The number of nitriles is 1. The number of carbonyl (C=O) groups is 1. The average Bonchev–Trinajstić information content (AvgIpc) is 2.53. The lowest BCUT2D eigenvalue weighted by atomic mass is 10.1. The van der Waals surface area contributed by atoms with Crippen molar-refractivity contribution in [1.29, 1.82) is 5.26 Å². The molecule has 16 heavy (non-hydrogen) atoms. The molecule has 0 aliphatic heterocycles. The molecule has 1 N–H and O–H groups in total. The van der Waals surface area contributed by atoms with Gasteiger partial charge in [0, 0.05) is 4.88 Å². The second-order valence-corrected chi connectivity index (χ2v) is 5.42. The predicted octanol–water partition coefficient (Wildman–Crippen LogP) is 3.23. The van der Waals surface area contributed by atoms with Crippen molar-refractivity contribution in [1.82, 2.24) is 0 Å². The van der Waals surface area contributed by atoms with E-state index in [1.807, 2.05) is 13.8 Å². The van der Waals surface area contributed by atoms with Gasteiger partial charge in [-0.25, -0.2) is 0 Å². The smallest absolute Gasteiger partial charge is 0.258 e. The van der Waals surface area contributed by atoms with Crippen LogP contribution in [-0.2, 0) is 11.2 Å². The van der Waals surface area contributed by atoms with Crippen LogP contribution in [0.5, 0.6) is 0 Å². The molecule has 0 aliphatic rings. The Morgan fingerprint density at radius 1 is 1.62 bits per heavy atom. The molecule has 1 aromatic heterocycles. The molecule has 86 valence electrons. The first-order valence-corrected chi connectivity index (χ1v) is 6.31. The second kappa shape index (κ2) is 5.53. The summed E-state index contributed by atoms with van der Waals surface area (Å²) in [6.45, 7) is 3.88. The van der Waals surface area contributed by atoms with Crippen LogP contribution in [0, 0.1) is 18.3 Å². The van der Waals surface area contributed by atoms with E-state index in [-0.39, 0.29) is 0 Å². The van der Waals surface area contributed by atoms with Crippen molar-refractivity contribution in [2.45, 2.75) is 25.1 Å². The molecule has 6 heteroatoms. The Morgan fingerprint density at radius 2 is 2.25 bits per heavy atom. The van der Waals surface area contributed by atoms with Crippen LogP contribution in [0.2, 0.25) is 0 Å². The van der Waals surface area contributed by atoms with Gasteiger partial charge in [0.1, 0.15) is 11.1 Å². The molecule has 1 aromatic rings. The molecule has 0 fully saturated rings. The molecule has 0 aromatic carbocycles. The number of anilines is 1. The van der Waals surface area contributed by atoms with Crippen molar-refractivity contribution in [3.05, 3.63) is 16.0 Å². The number of amides is 1. The van der Waals surface area contributed by atoms with Crippen molar-refractivity contribution < 1.29 is 4.79 Å². The standard InChI is InChI=1S/C10H10Cl2N2OS/c1-3-6-5(2)16-10(7(6)4-13)14-9(15)8(11)12/h8H,3H2,1-2H3,(H,14,15). The molecule has 1 heterocycles. The van der Waals surface area contributed by atoms with Crippen LogP contribution in [0.1, 0.15) is 22.9 Å². The lowest BCUT2D eigenvalue weighted by Crippen LogP contribution is -2.18. The maximum atomic E-state index is 11.3. The van der Waals surface area contributed by atoms with Crippen LogP contribution in [0.4, 0.5) is 5.00 Å². The zero-order valence-electron chi connectivity index (χ0n) is 8.80. The Bertz CT molecular complexity index is 448. The quantitative estimate of drug-likeness (QED) is 0.862. The number of thiophene rings is 1. The molecule has 0 radical (unpaired) electrons. The van der Waals surface area contributed by atoms with Gasteiger partial charge in [-0.15, -0.1) is 11.3 Å². The minimum absolute atomic E-state index is 0.507. The van der Waals surface area contributed by atoms with Gasteiger partial charge in [-0.1, -0.05) is 30.1 Å². The summed E-state index contributed by atoms with van der Waals surface area (Å²) >= 11 is 12.2. The largest absolute Gasteiger partial charge is 0.314 e. The van der Waals surface area contributed by atoms with E-state index in [4.69, 9.17) is 28.5 Å². The number of hydrogen-bond donors (Lipinski definition) is 1. The van der Waals surface area contributed by atoms with E-state index in [9.17, 15) is 4.79 Å². The van der Waals surface area contributed by atoms with Gasteiger partial charge in [-0.05, 0) is 18.9 Å². The molecule has 1 rings (SSSR count). The number of halogens is 2. The normalized spacial score (nSPS) is 10.2. The van der Waals surface area contributed by atoms with Gasteiger partial charge in [-0.2, -0.15) is 5.26 Å². The summed E-state index contributed by atoms with van der Waals surface area (Å²) in [4.78, 5) is 11.2. The lowest BCUT2D eigenvalue weighted by Gasteiger charge is -2.03. The van der Waals surface area contributed by atoms with Crippen molar-refractivity contribution in [3.8, 4) is 6.07 Å². The highest BCUT2D eigenvalue weighted by atomic mass is 35.5. The summed E-state index contributed by atoms with van der Waals surface area (Å²) in [6.07, 6.45) is 0.756. The van der Waals surface area contributed by atoms with Crippen molar-refractivity contribution in [2.24, 2.45) is 0 Å². The summed E-state index contributed by atoms with van der Waals surface area (Å²) in [5.41, 5.74) is 1.47. The molecule has 3 nitrogen and oxygen atoms in total. The minimum Gasteiger partial charge on any atom is -0.314 e. The highest BCUT2D eigenvalue weighted by Gasteiger charge is 2.18. The summed E-state index contributed by atoms with van der Waals surface area (Å²) in [6, 6.07) is 2.09. The predicted molar refractivity (Wildman–Crippen MR) is 67.3 cm³/mol. The van der Waals surface area contributed by atoms with Gasteiger partial charge in [0.25, 0.3) is 5.91 Å². The SMILES string of the molecule is CCc1c(C)sc(NC(=O)C(Cl)Cl)c1C#N. The number of nitrogens with zero attached hydrogens (tertiary/aromatic N) is 1. The molecule has 0 saturated heterocycles. The van der Waals surface area contributed by atoms with Crippen LogP contribution in [0.25, 0.3) is 0 Å². The summed E-state index contributed by atoms with van der Waals surface area (Å²) in [5.74, 6) is -0.510. The fourth-order valence-electron chi connectivity index (χ4n) is 1.38. The fraction of sp³-hybridized carbons (Fsp3) is 0.400. The van der Waals surface area contributed by atoms with Gasteiger partial charge >= 0.3 is 0 Å². The van der Waals surface area contributed by atoms with Crippen molar-refractivity contribution >= 4 is 45.4 Å². The summed E-state index contributed by atoms with van der Waals surface area (Å²) in [7, 11) is 0. The van der Waals surface area contributed by atoms with Crippen LogP contribution in [0.3, 0.4) is 0 Å². The van der Waals surface area contributed by atoms with E-state index in [0.29, 0.717) is 10.6 Å². The van der Waals surface area contributed by atoms with Crippen molar-refractivity contribution in [2.75, 3.05) is 5.32 Å². The zero-order valence-corrected chi connectivity index (χ0v) is 11.1.